The molecule has 7 atom stereocenters. The van der Waals surface area contributed by atoms with Crippen molar-refractivity contribution in [2.24, 2.45) is 17.3 Å². The molecule has 55 heavy (non-hydrogen) atoms. The standard InChI is InChI=1S/C39H50N6O9S/c1-6-23-16-17-39(23,36(48)44-55(50,51)26-13-14-26)43-33(46)30-20-25-21-45(30)35(47)32(38(2,3)4)42-37(49)54-31-18-22(31)10-8-7-9-11-28-34(53-25)41-29-19-24(52-5)12-15-27(29)40-28/h6,12,15-17,19,22-23,25-26,30-32H,1,7-11,13-14,18,20-21H2,2-5H3,(H,42,49)(H,43,46)(H,44,48)/t22-,23-,25-,30+,31-,32-,39-/m1/s1. The van der Waals surface area contributed by atoms with Crippen molar-refractivity contribution in [1.82, 2.24) is 30.2 Å². The number of nitrogens with zero attached hydrogens (tertiary/aromatic N) is 3. The number of benzene rings is 1. The van der Waals surface area contributed by atoms with Crippen LogP contribution in [0.3, 0.4) is 0 Å². The minimum atomic E-state index is -3.95. The zero-order valence-electron chi connectivity index (χ0n) is 31.7. The molecule has 3 N–H and O–H groups in total. The van der Waals surface area contributed by atoms with Crippen LogP contribution in [-0.2, 0) is 35.6 Å². The van der Waals surface area contributed by atoms with Crippen LogP contribution < -0.4 is 24.8 Å². The Balaban J connectivity index is 1.23. The first-order chi connectivity index (χ1) is 26.1. The number of carbonyl (C=O) groups excluding carboxylic acids is 4. The van der Waals surface area contributed by atoms with Crippen molar-refractivity contribution in [3.05, 3.63) is 48.7 Å². The summed E-state index contributed by atoms with van der Waals surface area (Å²) in [6.07, 6.45) is 8.67. The molecule has 2 aliphatic heterocycles. The molecule has 1 aromatic carbocycles. The molecular formula is C39H50N6O9S. The fraction of sp³-hybridized carbons (Fsp3) is 0.590. The molecule has 5 aliphatic rings. The SMILES string of the molecule is C=C[C@@H]1C=C[C@]1(NC(=O)[C@@H]1C[C@@H]2CN1C(=O)[C@H](C(C)(C)C)NC(=O)O[C@@H]1C[C@H]1CCCCCc1nc3ccc(OC)cc3nc1O2)C(=O)NS(=O)(=O)C1CC1. The van der Waals surface area contributed by atoms with Crippen molar-refractivity contribution >= 4 is 44.9 Å². The molecule has 1 aromatic heterocycles. The number of alkyl carbamates (subject to hydrolysis) is 1. The molecular weight excluding hydrogens is 729 g/mol. The minimum absolute atomic E-state index is 0.000443. The Hall–Kier alpha value is -4.73. The van der Waals surface area contributed by atoms with Gasteiger partial charge in [0.15, 0.2) is 0 Å². The Morgan fingerprint density at radius 3 is 2.53 bits per heavy atom. The van der Waals surface area contributed by atoms with Crippen LogP contribution in [0.1, 0.15) is 77.8 Å². The molecule has 0 spiro atoms. The normalized spacial score (nSPS) is 29.9. The number of rotatable bonds is 7. The van der Waals surface area contributed by atoms with Gasteiger partial charge in [-0.15, -0.1) is 6.58 Å². The molecule has 3 aliphatic carbocycles. The molecule has 4 amide bonds. The van der Waals surface area contributed by atoms with E-state index in [0.29, 0.717) is 41.7 Å². The third kappa shape index (κ3) is 8.01. The van der Waals surface area contributed by atoms with Crippen molar-refractivity contribution in [3.8, 4) is 11.6 Å². The smallest absolute Gasteiger partial charge is 0.408 e. The van der Waals surface area contributed by atoms with Crippen LogP contribution in [-0.4, -0.2) is 95.8 Å². The molecule has 0 radical (unpaired) electrons. The highest BCUT2D eigenvalue weighted by molar-refractivity contribution is 7.91. The monoisotopic (exact) mass is 778 g/mol. The maximum absolute atomic E-state index is 14.6. The fourth-order valence-corrected chi connectivity index (χ4v) is 9.01. The number of amides is 4. The average Bonchev–Trinajstić information content (AvgIpc) is 4.05. The highest BCUT2D eigenvalue weighted by atomic mass is 32.2. The predicted octanol–water partition coefficient (Wildman–Crippen LogP) is 3.47. The summed E-state index contributed by atoms with van der Waals surface area (Å²) >= 11 is 0. The summed E-state index contributed by atoms with van der Waals surface area (Å²) in [5.41, 5.74) is -0.692. The average molecular weight is 779 g/mol. The lowest BCUT2D eigenvalue weighted by molar-refractivity contribution is -0.143. The summed E-state index contributed by atoms with van der Waals surface area (Å²) < 4.78 is 45.5. The number of hydrogen-bond acceptors (Lipinski definition) is 11. The Kier molecular flexibility index (Phi) is 10.3. The lowest BCUT2D eigenvalue weighted by atomic mass is 9.73. The highest BCUT2D eigenvalue weighted by Gasteiger charge is 2.54. The van der Waals surface area contributed by atoms with Gasteiger partial charge in [-0.05, 0) is 62.0 Å². The van der Waals surface area contributed by atoms with E-state index in [1.807, 2.05) is 12.1 Å². The van der Waals surface area contributed by atoms with Crippen molar-refractivity contribution in [1.29, 1.82) is 0 Å². The molecule has 15 nitrogen and oxygen atoms in total. The number of ether oxygens (including phenoxy) is 3. The Bertz CT molecular complexity index is 2030. The second kappa shape index (κ2) is 14.7. The molecule has 0 unspecified atom stereocenters. The maximum atomic E-state index is 14.6. The summed E-state index contributed by atoms with van der Waals surface area (Å²) in [7, 11) is -2.39. The van der Waals surface area contributed by atoms with Crippen molar-refractivity contribution in [2.75, 3.05) is 13.7 Å². The number of fused-ring (bicyclic) bond motifs is 5. The number of methoxy groups -OCH3 is 1. The van der Waals surface area contributed by atoms with E-state index in [9.17, 15) is 27.6 Å². The lowest BCUT2D eigenvalue weighted by Crippen LogP contribution is -2.67. The van der Waals surface area contributed by atoms with Crippen LogP contribution in [0.25, 0.3) is 11.0 Å². The van der Waals surface area contributed by atoms with E-state index in [0.717, 1.165) is 32.1 Å². The van der Waals surface area contributed by atoms with E-state index in [1.165, 1.54) is 17.1 Å². The summed E-state index contributed by atoms with van der Waals surface area (Å²) in [6.45, 7) is 9.15. The minimum Gasteiger partial charge on any atom is -0.497 e. The number of sulfonamides is 1. The van der Waals surface area contributed by atoms with Crippen LogP contribution in [0.4, 0.5) is 4.79 Å². The van der Waals surface area contributed by atoms with E-state index in [1.54, 1.807) is 40.0 Å². The van der Waals surface area contributed by atoms with Gasteiger partial charge in [0.1, 0.15) is 41.3 Å². The Morgan fingerprint density at radius 2 is 1.85 bits per heavy atom. The molecule has 3 heterocycles. The third-order valence-corrected chi connectivity index (χ3v) is 13.1. The van der Waals surface area contributed by atoms with Gasteiger partial charge in [-0.3, -0.25) is 19.1 Å². The second-order valence-corrected chi connectivity index (χ2v) is 18.4. The van der Waals surface area contributed by atoms with Gasteiger partial charge < -0.3 is 29.7 Å². The van der Waals surface area contributed by atoms with E-state index in [-0.39, 0.29) is 30.9 Å². The van der Waals surface area contributed by atoms with Gasteiger partial charge in [0.2, 0.25) is 27.7 Å². The molecule has 7 rings (SSSR count). The molecule has 2 aromatic rings. The highest BCUT2D eigenvalue weighted by Crippen LogP contribution is 2.39. The quantitative estimate of drug-likeness (QED) is 0.349. The van der Waals surface area contributed by atoms with Crippen LogP contribution in [0.2, 0.25) is 0 Å². The van der Waals surface area contributed by atoms with E-state index >= 15 is 0 Å². The van der Waals surface area contributed by atoms with Crippen LogP contribution in [0.15, 0.2) is 43.0 Å². The Labute approximate surface area is 321 Å². The topological polar surface area (TPSA) is 195 Å². The van der Waals surface area contributed by atoms with Gasteiger partial charge in [-0.1, -0.05) is 51.8 Å². The van der Waals surface area contributed by atoms with E-state index < -0.39 is 74.1 Å². The van der Waals surface area contributed by atoms with Gasteiger partial charge in [-0.25, -0.2) is 23.2 Å². The summed E-state index contributed by atoms with van der Waals surface area (Å²) in [5, 5.41) is 4.91. The van der Waals surface area contributed by atoms with E-state index in [4.69, 9.17) is 24.2 Å². The first kappa shape index (κ1) is 38.5. The van der Waals surface area contributed by atoms with Gasteiger partial charge >= 0.3 is 6.09 Å². The van der Waals surface area contributed by atoms with Crippen molar-refractivity contribution in [2.45, 2.75) is 114 Å². The lowest BCUT2D eigenvalue weighted by Gasteiger charge is -2.42. The number of nitrogens with one attached hydrogen (secondary N) is 3. The van der Waals surface area contributed by atoms with Crippen molar-refractivity contribution in [3.63, 3.8) is 0 Å². The van der Waals surface area contributed by atoms with Gasteiger partial charge in [0, 0.05) is 18.4 Å². The van der Waals surface area contributed by atoms with Crippen molar-refractivity contribution < 1.29 is 41.8 Å². The van der Waals surface area contributed by atoms with Crippen LogP contribution in [0, 0.1) is 17.3 Å². The number of aryl methyl sites for hydroxylation is 1. The first-order valence-corrected chi connectivity index (χ1v) is 20.7. The zero-order chi connectivity index (χ0) is 39.3. The molecule has 296 valence electrons. The maximum Gasteiger partial charge on any atom is 0.408 e. The number of hydrogen-bond donors (Lipinski definition) is 3. The fourth-order valence-electron chi connectivity index (χ4n) is 7.65. The molecule has 3 fully saturated rings. The predicted molar refractivity (Wildman–Crippen MR) is 201 cm³/mol. The van der Waals surface area contributed by atoms with Gasteiger partial charge in [0.05, 0.1) is 29.9 Å². The zero-order valence-corrected chi connectivity index (χ0v) is 32.5. The third-order valence-electron chi connectivity index (χ3n) is 11.3. The summed E-state index contributed by atoms with van der Waals surface area (Å²) in [6, 6.07) is 3.13. The molecule has 2 bridgehead atoms. The van der Waals surface area contributed by atoms with Crippen LogP contribution >= 0.6 is 0 Å². The number of carbonyl (C=O) groups is 4. The Morgan fingerprint density at radius 1 is 1.07 bits per heavy atom. The first-order valence-electron chi connectivity index (χ1n) is 19.1. The summed E-state index contributed by atoms with van der Waals surface area (Å²) in [5.74, 6) is -1.75. The molecule has 16 heteroatoms. The largest absolute Gasteiger partial charge is 0.497 e. The van der Waals surface area contributed by atoms with E-state index in [2.05, 4.69) is 21.9 Å². The number of aromatic nitrogens is 2. The molecule has 1 saturated heterocycles. The summed E-state index contributed by atoms with van der Waals surface area (Å²) in [4.78, 5) is 67.2. The van der Waals surface area contributed by atoms with Gasteiger partial charge in [-0.2, -0.15) is 0 Å². The second-order valence-electron chi connectivity index (χ2n) is 16.4. The van der Waals surface area contributed by atoms with Crippen LogP contribution in [0.5, 0.6) is 11.6 Å². The van der Waals surface area contributed by atoms with Gasteiger partial charge in [0.25, 0.3) is 5.91 Å². The molecule has 2 saturated carbocycles.